The highest BCUT2D eigenvalue weighted by Crippen LogP contribution is 2.61. The van der Waals surface area contributed by atoms with E-state index < -0.39 is 53.7 Å². The van der Waals surface area contributed by atoms with Crippen molar-refractivity contribution in [3.05, 3.63) is 113 Å². The van der Waals surface area contributed by atoms with Crippen molar-refractivity contribution < 1.29 is 43.3 Å². The molecular weight excluding hydrogens is 799 g/mol. The van der Waals surface area contributed by atoms with E-state index in [9.17, 15) is 14.7 Å². The van der Waals surface area contributed by atoms with Crippen molar-refractivity contribution in [1.29, 1.82) is 0 Å². The minimum atomic E-state index is -1.44. The van der Waals surface area contributed by atoms with Crippen LogP contribution < -0.4 is 5.32 Å². The number of ether oxygens (including phenoxy) is 4. The molecule has 12 heteroatoms. The van der Waals surface area contributed by atoms with Gasteiger partial charge in [-0.1, -0.05) is 110 Å². The maximum absolute atomic E-state index is 15.5. The van der Waals surface area contributed by atoms with E-state index in [4.69, 9.17) is 23.8 Å². The second-order valence-electron chi connectivity index (χ2n) is 20.3. The van der Waals surface area contributed by atoms with E-state index in [1.807, 2.05) is 60.7 Å². The number of esters is 1. The molecule has 63 heavy (non-hydrogen) atoms. The Labute approximate surface area is 369 Å². The number of nitrogens with one attached hydrogen (secondary N) is 1. The summed E-state index contributed by atoms with van der Waals surface area (Å²) in [5.74, 6) is -1.35. The van der Waals surface area contributed by atoms with Crippen molar-refractivity contribution in [2.24, 2.45) is 22.7 Å². The van der Waals surface area contributed by atoms with Crippen molar-refractivity contribution in [3.8, 4) is 0 Å². The number of epoxide rings is 1. The summed E-state index contributed by atoms with van der Waals surface area (Å²) >= 11 is 0. The average Bonchev–Trinajstić information content (AvgIpc) is 3.69. The monoisotopic (exact) mass is 857 g/mol. The zero-order valence-electron chi connectivity index (χ0n) is 36.4. The van der Waals surface area contributed by atoms with Gasteiger partial charge in [-0.2, -0.15) is 5.06 Å². The van der Waals surface area contributed by atoms with Crippen LogP contribution in [0.15, 0.2) is 90.5 Å². The van der Waals surface area contributed by atoms with Crippen molar-refractivity contribution in [2.45, 2.75) is 133 Å². The molecule has 5 heterocycles. The Bertz CT molecular complexity index is 2250. The van der Waals surface area contributed by atoms with E-state index in [0.717, 1.165) is 41.5 Å². The Morgan fingerprint density at radius 3 is 2.29 bits per heavy atom. The minimum Gasteiger partial charge on any atom is -0.458 e. The maximum atomic E-state index is 15.5. The molecule has 2 amide bonds. The quantitative estimate of drug-likeness (QED) is 0.193. The number of hydrogen-bond donors (Lipinski definition) is 2. The van der Waals surface area contributed by atoms with E-state index in [2.05, 4.69) is 56.4 Å². The third-order valence-corrected chi connectivity index (χ3v) is 16.2. The Balaban J connectivity index is 0.928. The topological polar surface area (TPSA) is 139 Å². The van der Waals surface area contributed by atoms with Crippen molar-refractivity contribution >= 4 is 23.9 Å². The van der Waals surface area contributed by atoms with Crippen LogP contribution in [-0.4, -0.2) is 101 Å². The van der Waals surface area contributed by atoms with Gasteiger partial charge < -0.3 is 34.3 Å². The maximum Gasteiger partial charge on any atom is 0.327 e. The summed E-state index contributed by atoms with van der Waals surface area (Å²) in [4.78, 5) is 52.2. The third kappa shape index (κ3) is 6.64. The summed E-state index contributed by atoms with van der Waals surface area (Å²) in [6, 6.07) is 26.0. The first-order valence-electron chi connectivity index (χ1n) is 23.2. The Hall–Kier alpha value is -4.43. The molecule has 8 aliphatic rings. The van der Waals surface area contributed by atoms with Crippen LogP contribution in [0.1, 0.15) is 94.4 Å². The van der Waals surface area contributed by atoms with E-state index in [1.54, 1.807) is 9.96 Å². The molecule has 11 atom stereocenters. The molecule has 2 N–H and O–H groups in total. The summed E-state index contributed by atoms with van der Waals surface area (Å²) in [7, 11) is 0. The number of aliphatic hydroxyl groups is 1. The summed E-state index contributed by atoms with van der Waals surface area (Å²) in [6.07, 6.45) is 6.26. The van der Waals surface area contributed by atoms with Crippen LogP contribution in [0.2, 0.25) is 0 Å². The first-order chi connectivity index (χ1) is 30.4. The summed E-state index contributed by atoms with van der Waals surface area (Å²) in [6.45, 7) is 7.54. The highest BCUT2D eigenvalue weighted by atomic mass is 16.8. The number of rotatable bonds is 9. The SMILES string of the molecule is CC1(C)C[C@@H]2C(=Cc3ccc(CN4O[C@@H]5[C@H]6OC(c7ccccc7)(c7ccccc7)O[C@H]6[C@H]6C[C@]5(C(=O)N5CCC[C@@H]5C(=O)NCCO)[C@@H]4C(=O)O6)cc3)CCC3O[C@]3(C)CC[C@H]21. The number of amides is 2. The Kier molecular flexibility index (Phi) is 10.1. The van der Waals surface area contributed by atoms with Crippen molar-refractivity contribution in [1.82, 2.24) is 15.3 Å². The lowest BCUT2D eigenvalue weighted by Gasteiger charge is -2.53. The lowest BCUT2D eigenvalue weighted by atomic mass is 9.52. The number of carbonyl (C=O) groups excluding carboxylic acids is 3. The van der Waals surface area contributed by atoms with E-state index >= 15 is 4.79 Å². The first-order valence-corrected chi connectivity index (χ1v) is 23.2. The van der Waals surface area contributed by atoms with Gasteiger partial charge in [-0.25, -0.2) is 0 Å². The number of carbonyl (C=O) groups is 3. The molecule has 3 aromatic rings. The fourth-order valence-corrected chi connectivity index (χ4v) is 12.8. The normalized spacial score (nSPS) is 37.7. The molecule has 2 bridgehead atoms. The predicted octanol–water partition coefficient (Wildman–Crippen LogP) is 6.05. The molecule has 332 valence electrons. The van der Waals surface area contributed by atoms with Gasteiger partial charge in [0.05, 0.1) is 24.9 Å². The van der Waals surface area contributed by atoms with Gasteiger partial charge in [0.2, 0.25) is 17.6 Å². The van der Waals surface area contributed by atoms with Gasteiger partial charge in [0, 0.05) is 30.6 Å². The van der Waals surface area contributed by atoms with Gasteiger partial charge in [0.15, 0.2) is 6.04 Å². The molecule has 3 aromatic carbocycles. The molecule has 5 saturated heterocycles. The minimum absolute atomic E-state index is 0.0349. The largest absolute Gasteiger partial charge is 0.458 e. The number of nitrogens with zero attached hydrogens (tertiary/aromatic N) is 2. The van der Waals surface area contributed by atoms with Crippen LogP contribution in [0.25, 0.3) is 6.08 Å². The number of fused-ring (bicyclic) bond motifs is 6. The van der Waals surface area contributed by atoms with Crippen LogP contribution in [0.4, 0.5) is 0 Å². The second kappa shape index (κ2) is 15.3. The lowest BCUT2D eigenvalue weighted by Crippen LogP contribution is -2.70. The fourth-order valence-electron chi connectivity index (χ4n) is 12.8. The summed E-state index contributed by atoms with van der Waals surface area (Å²) < 4.78 is 26.8. The average molecular weight is 858 g/mol. The molecule has 3 saturated carbocycles. The van der Waals surface area contributed by atoms with Crippen molar-refractivity contribution in [3.63, 3.8) is 0 Å². The van der Waals surface area contributed by atoms with Crippen LogP contribution in [-0.2, 0) is 50.5 Å². The highest BCUT2D eigenvalue weighted by Gasteiger charge is 2.77. The number of benzene rings is 3. The molecular formula is C51H59N3O9. The van der Waals surface area contributed by atoms with Gasteiger partial charge in [0.1, 0.15) is 35.9 Å². The van der Waals surface area contributed by atoms with E-state index in [0.29, 0.717) is 42.7 Å². The van der Waals surface area contributed by atoms with Gasteiger partial charge >= 0.3 is 5.97 Å². The lowest BCUT2D eigenvalue weighted by molar-refractivity contribution is -0.214. The first kappa shape index (κ1) is 41.3. The Morgan fingerprint density at radius 2 is 1.59 bits per heavy atom. The molecule has 11 rings (SSSR count). The van der Waals surface area contributed by atoms with Crippen LogP contribution in [0.3, 0.4) is 0 Å². The number of hydroxylamine groups is 2. The van der Waals surface area contributed by atoms with Gasteiger partial charge in [-0.3, -0.25) is 19.2 Å². The molecule has 3 aliphatic carbocycles. The van der Waals surface area contributed by atoms with Crippen LogP contribution >= 0.6 is 0 Å². The molecule has 1 unspecified atom stereocenters. The van der Waals surface area contributed by atoms with Crippen molar-refractivity contribution in [2.75, 3.05) is 19.7 Å². The van der Waals surface area contributed by atoms with Gasteiger partial charge in [0.25, 0.3) is 0 Å². The highest BCUT2D eigenvalue weighted by molar-refractivity contribution is 5.96. The standard InChI is InChI=1S/C51H59N3O9/c1-48(2)28-36-33(20-21-40-49(3,60-40)23-22-37(36)48)27-31-16-18-32(19-17-31)30-54-43-46(57)59-39-29-50(43,47(58)53-25-10-15-38(53)45(56)52-24-26-55)44(63-54)42-41(39)61-51(62-42,34-11-6-4-7-12-34)35-13-8-5-9-14-35/h4-9,11-14,16-19,27,36-44,55H,10,15,20-26,28-30H2,1-3H3,(H,52,56)/t36-,37-,38-,39-,40?,41+,42+,43+,44-,49-,50+/m1/s1. The molecule has 0 radical (unpaired) electrons. The Morgan fingerprint density at radius 1 is 0.873 bits per heavy atom. The number of aliphatic hydroxyl groups excluding tert-OH is 1. The summed E-state index contributed by atoms with van der Waals surface area (Å²) in [5.41, 5.74) is 4.01. The van der Waals surface area contributed by atoms with Gasteiger partial charge in [-0.15, -0.1) is 0 Å². The van der Waals surface area contributed by atoms with E-state index in [-0.39, 0.29) is 43.5 Å². The molecule has 12 nitrogen and oxygen atoms in total. The molecule has 0 aromatic heterocycles. The fraction of sp³-hybridized carbons (Fsp3) is 0.549. The predicted molar refractivity (Wildman–Crippen MR) is 231 cm³/mol. The zero-order valence-corrected chi connectivity index (χ0v) is 36.4. The zero-order chi connectivity index (χ0) is 43.3. The summed E-state index contributed by atoms with van der Waals surface area (Å²) in [5, 5.41) is 13.9. The molecule has 0 spiro atoms. The van der Waals surface area contributed by atoms with Crippen LogP contribution in [0, 0.1) is 22.7 Å². The third-order valence-electron chi connectivity index (χ3n) is 16.2. The number of hydrogen-bond acceptors (Lipinski definition) is 10. The molecule has 5 aliphatic heterocycles. The number of allylic oxidation sites excluding steroid dienone is 1. The van der Waals surface area contributed by atoms with E-state index in [1.165, 1.54) is 18.4 Å². The molecule has 8 fully saturated rings. The smallest absolute Gasteiger partial charge is 0.327 e. The van der Waals surface area contributed by atoms with Crippen LogP contribution in [0.5, 0.6) is 0 Å². The van der Waals surface area contributed by atoms with Gasteiger partial charge in [-0.05, 0) is 80.2 Å². The second-order valence-corrected chi connectivity index (χ2v) is 20.3. The number of likely N-dealkylation sites (tertiary alicyclic amines) is 1.